The fourth-order valence-electron chi connectivity index (χ4n) is 2.89. The minimum absolute atomic E-state index is 0.142. The Balaban J connectivity index is 1.85. The van der Waals surface area contributed by atoms with Crippen LogP contribution in [-0.2, 0) is 15.1 Å². The van der Waals surface area contributed by atoms with Gasteiger partial charge in [-0.25, -0.2) is 9.59 Å². The zero-order chi connectivity index (χ0) is 17.3. The molecule has 1 aliphatic heterocycles. The van der Waals surface area contributed by atoms with Crippen molar-refractivity contribution in [2.75, 3.05) is 5.32 Å². The molecule has 0 spiro atoms. The molecular weight excluding hydrogens is 421 g/mol. The van der Waals surface area contributed by atoms with Gasteiger partial charge in [-0.3, -0.25) is 0 Å². The van der Waals surface area contributed by atoms with Gasteiger partial charge in [-0.2, -0.15) is 0 Å². The summed E-state index contributed by atoms with van der Waals surface area (Å²) in [6, 6.07) is 14.0. The van der Waals surface area contributed by atoms with E-state index in [0.717, 1.165) is 9.13 Å². The second-order valence-electron chi connectivity index (χ2n) is 5.91. The van der Waals surface area contributed by atoms with Gasteiger partial charge in [0, 0.05) is 15.7 Å². The van der Waals surface area contributed by atoms with Crippen LogP contribution in [0.2, 0.25) is 0 Å². The number of carboxylic acid groups (broad SMARTS) is 1. The van der Waals surface area contributed by atoms with Crippen molar-refractivity contribution in [2.45, 2.75) is 25.0 Å². The number of rotatable bonds is 4. The molecule has 0 amide bonds. The first-order valence-electron chi connectivity index (χ1n) is 7.47. The monoisotopic (exact) mass is 437 g/mol. The average Bonchev–Trinajstić information content (AvgIpc) is 2.85. The number of nitrogens with one attached hydrogen (secondary N) is 1. The maximum Gasteiger partial charge on any atom is 0.337 e. The van der Waals surface area contributed by atoms with E-state index in [1.54, 1.807) is 18.2 Å². The van der Waals surface area contributed by atoms with Crippen molar-refractivity contribution in [3.8, 4) is 0 Å². The van der Waals surface area contributed by atoms with Crippen LogP contribution in [0.25, 0.3) is 0 Å². The highest BCUT2D eigenvalue weighted by atomic mass is 127. The number of benzene rings is 2. The van der Waals surface area contributed by atoms with Gasteiger partial charge in [0.15, 0.2) is 0 Å². The number of aromatic carboxylic acids is 1. The van der Waals surface area contributed by atoms with Gasteiger partial charge in [-0.1, -0.05) is 30.3 Å². The molecule has 2 aromatic rings. The van der Waals surface area contributed by atoms with Gasteiger partial charge in [0.2, 0.25) is 0 Å². The summed E-state index contributed by atoms with van der Waals surface area (Å²) in [4.78, 5) is 23.7. The number of hydrogen-bond acceptors (Lipinski definition) is 4. The quantitative estimate of drug-likeness (QED) is 0.565. The maximum absolute atomic E-state index is 12.3. The molecule has 0 saturated carbocycles. The maximum atomic E-state index is 12.3. The zero-order valence-corrected chi connectivity index (χ0v) is 15.1. The summed E-state index contributed by atoms with van der Waals surface area (Å²) in [5.41, 5.74) is 0.761. The Labute approximate surface area is 153 Å². The zero-order valence-electron chi connectivity index (χ0n) is 13.0. The summed E-state index contributed by atoms with van der Waals surface area (Å²) < 4.78 is 6.41. The molecule has 0 unspecified atom stereocenters. The molecule has 5 nitrogen and oxygen atoms in total. The van der Waals surface area contributed by atoms with Crippen molar-refractivity contribution >= 4 is 40.2 Å². The minimum Gasteiger partial charge on any atom is -0.478 e. The lowest BCUT2D eigenvalue weighted by molar-refractivity contribution is -0.148. The van der Waals surface area contributed by atoms with Gasteiger partial charge in [0.25, 0.3) is 0 Å². The molecule has 124 valence electrons. The second kappa shape index (κ2) is 6.43. The van der Waals surface area contributed by atoms with E-state index in [2.05, 4.69) is 27.9 Å². The van der Waals surface area contributed by atoms with Crippen LogP contribution in [0.5, 0.6) is 0 Å². The summed E-state index contributed by atoms with van der Waals surface area (Å²) in [6.45, 7) is 1.87. The van der Waals surface area contributed by atoms with Crippen molar-refractivity contribution in [3.63, 3.8) is 0 Å². The summed E-state index contributed by atoms with van der Waals surface area (Å²) in [5.74, 6) is -1.41. The summed E-state index contributed by atoms with van der Waals surface area (Å²) in [5, 5.41) is 12.4. The van der Waals surface area contributed by atoms with Crippen molar-refractivity contribution < 1.29 is 19.4 Å². The van der Waals surface area contributed by atoms with Crippen LogP contribution in [-0.4, -0.2) is 23.1 Å². The van der Waals surface area contributed by atoms with Gasteiger partial charge >= 0.3 is 11.9 Å². The molecule has 1 aliphatic rings. The molecule has 1 heterocycles. The normalized spacial score (nSPS) is 22.9. The Morgan fingerprint density at radius 3 is 2.67 bits per heavy atom. The molecule has 0 bridgehead atoms. The van der Waals surface area contributed by atoms with Crippen molar-refractivity contribution in [3.05, 3.63) is 63.2 Å². The number of anilines is 1. The van der Waals surface area contributed by atoms with E-state index in [4.69, 9.17) is 4.74 Å². The molecule has 2 atom stereocenters. The molecule has 6 heteroatoms. The molecule has 2 N–H and O–H groups in total. The molecule has 1 fully saturated rings. The Kier molecular flexibility index (Phi) is 4.49. The van der Waals surface area contributed by atoms with Gasteiger partial charge < -0.3 is 15.2 Å². The van der Waals surface area contributed by atoms with Crippen LogP contribution in [0, 0.1) is 3.57 Å². The van der Waals surface area contributed by atoms with Crippen LogP contribution in [0.15, 0.2) is 48.5 Å². The number of esters is 1. The summed E-state index contributed by atoms with van der Waals surface area (Å²) >= 11 is 2.05. The van der Waals surface area contributed by atoms with Crippen LogP contribution in [0.3, 0.4) is 0 Å². The Bertz CT molecular complexity index is 793. The van der Waals surface area contributed by atoms with E-state index >= 15 is 0 Å². The van der Waals surface area contributed by atoms with Gasteiger partial charge in [0.05, 0.1) is 5.56 Å². The first-order chi connectivity index (χ1) is 11.4. The van der Waals surface area contributed by atoms with Crippen LogP contribution in [0.4, 0.5) is 5.69 Å². The van der Waals surface area contributed by atoms with Gasteiger partial charge in [-0.05, 0) is 53.3 Å². The number of carbonyl (C=O) groups is 2. The van der Waals surface area contributed by atoms with Crippen molar-refractivity contribution in [1.82, 2.24) is 0 Å². The number of carboxylic acids is 1. The fraction of sp³-hybridized carbons (Fsp3) is 0.222. The number of carbonyl (C=O) groups excluding carboxylic acids is 1. The highest BCUT2D eigenvalue weighted by Crippen LogP contribution is 2.37. The molecule has 3 rings (SSSR count). The number of ether oxygens (including phenoxy) is 1. The van der Waals surface area contributed by atoms with E-state index in [1.165, 1.54) is 0 Å². The topological polar surface area (TPSA) is 75.6 Å². The third-order valence-electron chi connectivity index (χ3n) is 4.13. The Hall–Kier alpha value is -2.09. The van der Waals surface area contributed by atoms with Gasteiger partial charge in [0.1, 0.15) is 11.6 Å². The standard InChI is InChI=1S/C18H16INO4/c1-18(11-5-3-2-4-6-11)10-15(17(23)24-18)20-14-8-7-12(19)9-13(14)16(21)22/h2-9,15,20H,10H2,1H3,(H,21,22)/t15-,18-/m0/s1. The first-order valence-corrected chi connectivity index (χ1v) is 8.55. The Morgan fingerprint density at radius 2 is 2.00 bits per heavy atom. The number of cyclic esters (lactones) is 1. The van der Waals surface area contributed by atoms with E-state index < -0.39 is 17.6 Å². The van der Waals surface area contributed by atoms with E-state index in [1.807, 2.05) is 37.3 Å². The smallest absolute Gasteiger partial charge is 0.337 e. The molecule has 0 aliphatic carbocycles. The van der Waals surface area contributed by atoms with Gasteiger partial charge in [-0.15, -0.1) is 0 Å². The fourth-order valence-corrected chi connectivity index (χ4v) is 3.38. The lowest BCUT2D eigenvalue weighted by Crippen LogP contribution is -2.26. The Morgan fingerprint density at radius 1 is 1.29 bits per heavy atom. The SMILES string of the molecule is C[C@@]1(c2ccccc2)C[C@H](Nc2ccc(I)cc2C(=O)O)C(=O)O1. The predicted octanol–water partition coefficient (Wildman–Crippen LogP) is 3.63. The largest absolute Gasteiger partial charge is 0.478 e. The summed E-state index contributed by atoms with van der Waals surface area (Å²) in [7, 11) is 0. The van der Waals surface area contributed by atoms with Crippen molar-refractivity contribution in [1.29, 1.82) is 0 Å². The van der Waals surface area contributed by atoms with Crippen LogP contribution in [0.1, 0.15) is 29.3 Å². The van der Waals surface area contributed by atoms with Crippen LogP contribution < -0.4 is 5.32 Å². The predicted molar refractivity (Wildman–Crippen MR) is 98.0 cm³/mol. The highest BCUT2D eigenvalue weighted by Gasteiger charge is 2.44. The first kappa shape index (κ1) is 16.8. The molecule has 0 aromatic heterocycles. The molecule has 1 saturated heterocycles. The minimum atomic E-state index is -1.03. The molecular formula is C18H16INO4. The number of halogens is 1. The van der Waals surface area contributed by atoms with E-state index in [0.29, 0.717) is 12.1 Å². The van der Waals surface area contributed by atoms with Crippen molar-refractivity contribution in [2.24, 2.45) is 0 Å². The molecule has 0 radical (unpaired) electrons. The van der Waals surface area contributed by atoms with E-state index in [-0.39, 0.29) is 11.5 Å². The third kappa shape index (κ3) is 3.24. The second-order valence-corrected chi connectivity index (χ2v) is 7.16. The molecule has 2 aromatic carbocycles. The molecule has 24 heavy (non-hydrogen) atoms. The number of hydrogen-bond donors (Lipinski definition) is 2. The lowest BCUT2D eigenvalue weighted by atomic mass is 9.91. The third-order valence-corrected chi connectivity index (χ3v) is 4.80. The highest BCUT2D eigenvalue weighted by molar-refractivity contribution is 14.1. The van der Waals surface area contributed by atoms with Crippen LogP contribution >= 0.6 is 22.6 Å². The van der Waals surface area contributed by atoms with E-state index in [9.17, 15) is 14.7 Å². The summed E-state index contributed by atoms with van der Waals surface area (Å²) in [6.07, 6.45) is 0.431. The lowest BCUT2D eigenvalue weighted by Gasteiger charge is -2.23. The average molecular weight is 437 g/mol.